The summed E-state index contributed by atoms with van der Waals surface area (Å²) in [6, 6.07) is 24.3. The van der Waals surface area contributed by atoms with Gasteiger partial charge in [0.05, 0.1) is 11.1 Å². The van der Waals surface area contributed by atoms with Crippen LogP contribution in [0.5, 0.6) is 0 Å². The van der Waals surface area contributed by atoms with Crippen LogP contribution in [0.3, 0.4) is 0 Å². The number of para-hydroxylation sites is 1. The van der Waals surface area contributed by atoms with Gasteiger partial charge in [-0.1, -0.05) is 101 Å². The summed E-state index contributed by atoms with van der Waals surface area (Å²) in [5.41, 5.74) is 6.30. The summed E-state index contributed by atoms with van der Waals surface area (Å²) < 4.78 is 6.26. The van der Waals surface area contributed by atoms with Gasteiger partial charge in [-0.25, -0.2) is 4.98 Å². The van der Waals surface area contributed by atoms with Crippen LogP contribution in [0.1, 0.15) is 84.2 Å². The Morgan fingerprint density at radius 3 is 2.19 bits per heavy atom. The van der Waals surface area contributed by atoms with Crippen LogP contribution in [0.15, 0.2) is 76.9 Å². The van der Waals surface area contributed by atoms with Crippen LogP contribution in [-0.2, 0) is 24.9 Å². The number of rotatable bonds is 8. The second kappa shape index (κ2) is 14.7. The van der Waals surface area contributed by atoms with E-state index >= 15 is 0 Å². The topological polar surface area (TPSA) is 76.2 Å². The quantitative estimate of drug-likeness (QED) is 0.0716. The van der Waals surface area contributed by atoms with Crippen molar-refractivity contribution >= 4 is 49.4 Å². The number of aliphatic hydroxyl groups is 1. The van der Waals surface area contributed by atoms with Crippen LogP contribution in [0, 0.1) is 37.7 Å². The molecule has 0 bridgehead atoms. The smallest absolute Gasteiger partial charge is 0.164 e. The summed E-state index contributed by atoms with van der Waals surface area (Å²) in [6.45, 7) is 18.3. The SMILES string of the molecule is CCC(C)(CC)C(=O)/C=C(\O)C(C)(CC)CC.Cc1cc(C)c2c(ccc3c(-c4[c-]ccc5c4oc4ccccc45)nc(C)nc32)c1.[Ir]. The molecule has 6 heteroatoms. The Hall–Kier alpha value is -3.86. The summed E-state index contributed by atoms with van der Waals surface area (Å²) in [5.74, 6) is 1.03. The van der Waals surface area contributed by atoms with Gasteiger partial charge in [0.2, 0.25) is 0 Å². The third-order valence-electron chi connectivity index (χ3n) is 10.4. The minimum absolute atomic E-state index is 0. The monoisotopic (exact) mass is 820 g/mol. The van der Waals surface area contributed by atoms with E-state index in [1.54, 1.807) is 0 Å². The molecule has 0 aliphatic heterocycles. The predicted octanol–water partition coefficient (Wildman–Crippen LogP) is 11.7. The van der Waals surface area contributed by atoms with Gasteiger partial charge in [0.25, 0.3) is 0 Å². The Labute approximate surface area is 298 Å². The van der Waals surface area contributed by atoms with E-state index in [1.165, 1.54) is 28.0 Å². The zero-order valence-corrected chi connectivity index (χ0v) is 32.1. The molecule has 0 aliphatic rings. The number of aromatic nitrogens is 2. The van der Waals surface area contributed by atoms with Gasteiger partial charge in [0.15, 0.2) is 5.78 Å². The zero-order valence-electron chi connectivity index (χ0n) is 29.7. The van der Waals surface area contributed by atoms with Crippen LogP contribution >= 0.6 is 0 Å². The van der Waals surface area contributed by atoms with Crippen molar-refractivity contribution in [2.75, 3.05) is 0 Å². The predicted molar refractivity (Wildman–Crippen MR) is 196 cm³/mol. The largest absolute Gasteiger partial charge is 0.512 e. The van der Waals surface area contributed by atoms with Crippen molar-refractivity contribution in [2.24, 2.45) is 10.8 Å². The number of carbonyl (C=O) groups is 1. The van der Waals surface area contributed by atoms with Crippen molar-refractivity contribution < 1.29 is 34.4 Å². The standard InChI is InChI=1S/C27H19N2O.C15H28O2.Ir/c1-15-13-16(2)24-18(14-15)11-12-21-25(28-17(3)29-26(21)24)22-9-6-8-20-19-7-4-5-10-23(19)30-27(20)22;1-7-14(5,8-2)12(16)11-13(17)15(6,9-3)10-4;/h4-8,10-14H,1-3H3;11,16H,7-10H2,1-6H3;/q-1;;/b;12-11-;. The van der Waals surface area contributed by atoms with Gasteiger partial charge in [0.1, 0.15) is 17.2 Å². The van der Waals surface area contributed by atoms with Crippen LogP contribution in [0.25, 0.3) is 54.9 Å². The molecule has 1 N–H and O–H groups in total. The average Bonchev–Trinajstić information content (AvgIpc) is 3.46. The molecule has 0 saturated carbocycles. The fourth-order valence-corrected chi connectivity index (χ4v) is 6.30. The van der Waals surface area contributed by atoms with E-state index in [2.05, 4.69) is 56.3 Å². The number of ketones is 1. The maximum absolute atomic E-state index is 12.2. The molecule has 0 saturated heterocycles. The van der Waals surface area contributed by atoms with Crippen molar-refractivity contribution in [3.05, 3.63) is 95.5 Å². The second-order valence-corrected chi connectivity index (χ2v) is 13.4. The molecular formula is C42H47IrN2O3-. The van der Waals surface area contributed by atoms with Crippen molar-refractivity contribution in [3.63, 3.8) is 0 Å². The van der Waals surface area contributed by atoms with Gasteiger partial charge >= 0.3 is 0 Å². The first kappa shape index (κ1) is 37.0. The first-order valence-corrected chi connectivity index (χ1v) is 16.9. The normalized spacial score (nSPS) is 12.3. The van der Waals surface area contributed by atoms with Crippen molar-refractivity contribution in [2.45, 2.75) is 88.0 Å². The molecular weight excluding hydrogens is 773 g/mol. The van der Waals surface area contributed by atoms with Crippen LogP contribution in [-0.4, -0.2) is 20.9 Å². The fourth-order valence-electron chi connectivity index (χ4n) is 6.30. The van der Waals surface area contributed by atoms with E-state index in [4.69, 9.17) is 14.4 Å². The van der Waals surface area contributed by atoms with Gasteiger partial charge < -0.3 is 9.52 Å². The molecule has 0 aliphatic carbocycles. The Bertz CT molecular complexity index is 2130. The summed E-state index contributed by atoms with van der Waals surface area (Å²) >= 11 is 0. The number of hydrogen-bond donors (Lipinski definition) is 1. The number of nitrogens with zero attached hydrogens (tertiary/aromatic N) is 2. The van der Waals surface area contributed by atoms with E-state index in [-0.39, 0.29) is 42.5 Å². The molecule has 2 heterocycles. The molecule has 1 radical (unpaired) electrons. The first-order valence-electron chi connectivity index (χ1n) is 16.9. The van der Waals surface area contributed by atoms with E-state index in [0.717, 1.165) is 75.6 Å². The molecule has 4 aromatic carbocycles. The van der Waals surface area contributed by atoms with Crippen molar-refractivity contribution in [3.8, 4) is 11.3 Å². The maximum Gasteiger partial charge on any atom is 0.164 e. The maximum atomic E-state index is 12.2. The molecule has 0 atom stereocenters. The number of furan rings is 1. The number of aliphatic hydroxyl groups excluding tert-OH is 1. The molecule has 2 aromatic heterocycles. The van der Waals surface area contributed by atoms with E-state index in [9.17, 15) is 9.90 Å². The van der Waals surface area contributed by atoms with E-state index < -0.39 is 0 Å². The molecule has 5 nitrogen and oxygen atoms in total. The number of carbonyl (C=O) groups excluding carboxylic acids is 1. The number of aryl methyl sites for hydroxylation is 3. The Balaban J connectivity index is 0.000000251. The van der Waals surface area contributed by atoms with Crippen molar-refractivity contribution in [1.82, 2.24) is 9.97 Å². The van der Waals surface area contributed by atoms with Gasteiger partial charge in [-0.2, -0.15) is 0 Å². The molecule has 48 heavy (non-hydrogen) atoms. The Morgan fingerprint density at radius 1 is 0.854 bits per heavy atom. The summed E-state index contributed by atoms with van der Waals surface area (Å²) in [7, 11) is 0. The Morgan fingerprint density at radius 2 is 1.52 bits per heavy atom. The van der Waals surface area contributed by atoms with Gasteiger partial charge in [-0.3, -0.25) is 9.78 Å². The summed E-state index contributed by atoms with van der Waals surface area (Å²) in [4.78, 5) is 21.9. The zero-order chi connectivity index (χ0) is 34.1. The van der Waals surface area contributed by atoms with Gasteiger partial charge in [-0.15, -0.1) is 18.2 Å². The molecule has 6 rings (SSSR count). The van der Waals surface area contributed by atoms with Crippen molar-refractivity contribution in [1.29, 1.82) is 0 Å². The average molecular weight is 820 g/mol. The second-order valence-electron chi connectivity index (χ2n) is 13.4. The number of hydrogen-bond acceptors (Lipinski definition) is 5. The first-order chi connectivity index (χ1) is 22.4. The minimum atomic E-state index is -0.337. The molecule has 0 amide bonds. The van der Waals surface area contributed by atoms with Crippen LogP contribution < -0.4 is 0 Å². The van der Waals surface area contributed by atoms with Gasteiger partial charge in [-0.05, 0) is 68.9 Å². The molecule has 0 unspecified atom stereocenters. The molecule has 253 valence electrons. The van der Waals surface area contributed by atoms with E-state index in [0.29, 0.717) is 0 Å². The number of fused-ring (bicyclic) bond motifs is 6. The number of allylic oxidation sites excluding steroid dienone is 2. The third-order valence-corrected chi connectivity index (χ3v) is 10.4. The summed E-state index contributed by atoms with van der Waals surface area (Å²) in [5, 5.41) is 15.7. The Kier molecular flexibility index (Phi) is 11.3. The minimum Gasteiger partial charge on any atom is -0.512 e. The van der Waals surface area contributed by atoms with Gasteiger partial charge in [0, 0.05) is 53.5 Å². The van der Waals surface area contributed by atoms with E-state index in [1.807, 2.05) is 72.7 Å². The fraction of sp³-hybridized carbons (Fsp3) is 0.357. The van der Waals surface area contributed by atoms with Crippen LogP contribution in [0.2, 0.25) is 0 Å². The summed E-state index contributed by atoms with van der Waals surface area (Å²) in [6.07, 6.45) is 4.75. The molecule has 6 aromatic rings. The number of benzene rings is 4. The van der Waals surface area contributed by atoms with Crippen LogP contribution in [0.4, 0.5) is 0 Å². The third kappa shape index (κ3) is 6.84. The molecule has 0 fully saturated rings. The molecule has 0 spiro atoms.